The van der Waals surface area contributed by atoms with Crippen LogP contribution in [0.2, 0.25) is 0 Å². The van der Waals surface area contributed by atoms with E-state index in [0.29, 0.717) is 12.2 Å². The maximum absolute atomic E-state index is 12.1. The lowest BCUT2D eigenvalue weighted by atomic mass is 10.1. The first kappa shape index (κ1) is 13.1. The molecule has 0 saturated carbocycles. The summed E-state index contributed by atoms with van der Waals surface area (Å²) in [6.45, 7) is 4.56. The number of hydrogen-bond donors (Lipinski definition) is 2. The molecule has 1 aromatic heterocycles. The SMILES string of the molecule is CCn1cc(N)c(C(=O)N[C@H](C)c2ccccc2)n1. The van der Waals surface area contributed by atoms with Crippen molar-refractivity contribution in [2.24, 2.45) is 0 Å². The van der Waals surface area contributed by atoms with E-state index in [2.05, 4.69) is 10.4 Å². The molecule has 0 aliphatic heterocycles. The molecule has 1 amide bonds. The summed E-state index contributed by atoms with van der Waals surface area (Å²) in [6.07, 6.45) is 1.67. The van der Waals surface area contributed by atoms with E-state index < -0.39 is 0 Å². The fourth-order valence-corrected chi connectivity index (χ4v) is 1.87. The average Bonchev–Trinajstić information content (AvgIpc) is 2.81. The zero-order valence-corrected chi connectivity index (χ0v) is 11.1. The first-order valence-electron chi connectivity index (χ1n) is 6.30. The van der Waals surface area contributed by atoms with Crippen molar-refractivity contribution in [2.75, 3.05) is 5.73 Å². The highest BCUT2D eigenvalue weighted by Crippen LogP contribution is 2.14. The molecule has 0 bridgehead atoms. The largest absolute Gasteiger partial charge is 0.396 e. The molecule has 5 heteroatoms. The Balaban J connectivity index is 2.10. The second-order valence-corrected chi connectivity index (χ2v) is 4.39. The molecule has 1 atom stereocenters. The number of amides is 1. The lowest BCUT2D eigenvalue weighted by Crippen LogP contribution is -2.27. The van der Waals surface area contributed by atoms with Crippen LogP contribution in [0.5, 0.6) is 0 Å². The second-order valence-electron chi connectivity index (χ2n) is 4.39. The van der Waals surface area contributed by atoms with E-state index in [0.717, 1.165) is 5.56 Å². The second kappa shape index (κ2) is 5.56. The lowest BCUT2D eigenvalue weighted by Gasteiger charge is -2.13. The first-order chi connectivity index (χ1) is 9.11. The predicted molar refractivity (Wildman–Crippen MR) is 74.6 cm³/mol. The summed E-state index contributed by atoms with van der Waals surface area (Å²) in [6, 6.07) is 9.69. The highest BCUT2D eigenvalue weighted by molar-refractivity contribution is 5.97. The molecule has 100 valence electrons. The first-order valence-corrected chi connectivity index (χ1v) is 6.30. The van der Waals surface area contributed by atoms with Gasteiger partial charge in [0, 0.05) is 12.7 Å². The summed E-state index contributed by atoms with van der Waals surface area (Å²) in [4.78, 5) is 12.1. The van der Waals surface area contributed by atoms with Gasteiger partial charge in [-0.2, -0.15) is 5.10 Å². The Morgan fingerprint density at radius 3 is 2.68 bits per heavy atom. The molecule has 1 heterocycles. The van der Waals surface area contributed by atoms with E-state index in [-0.39, 0.29) is 17.6 Å². The third-order valence-corrected chi connectivity index (χ3v) is 2.98. The highest BCUT2D eigenvalue weighted by atomic mass is 16.2. The van der Waals surface area contributed by atoms with Gasteiger partial charge in [-0.25, -0.2) is 0 Å². The van der Waals surface area contributed by atoms with Crippen LogP contribution in [0, 0.1) is 0 Å². The summed E-state index contributed by atoms with van der Waals surface area (Å²) in [5, 5.41) is 7.05. The zero-order chi connectivity index (χ0) is 13.8. The molecule has 0 spiro atoms. The van der Waals surface area contributed by atoms with E-state index in [1.54, 1.807) is 10.9 Å². The van der Waals surface area contributed by atoms with Crippen LogP contribution in [0.1, 0.15) is 35.9 Å². The van der Waals surface area contributed by atoms with Gasteiger partial charge in [-0.15, -0.1) is 0 Å². The number of carbonyl (C=O) groups is 1. The van der Waals surface area contributed by atoms with Gasteiger partial charge in [-0.3, -0.25) is 9.48 Å². The minimum atomic E-state index is -0.249. The van der Waals surface area contributed by atoms with Crippen LogP contribution in [-0.4, -0.2) is 15.7 Å². The Hall–Kier alpha value is -2.30. The molecular weight excluding hydrogens is 240 g/mol. The minimum absolute atomic E-state index is 0.0834. The van der Waals surface area contributed by atoms with E-state index in [9.17, 15) is 4.79 Å². The Morgan fingerprint density at radius 1 is 1.42 bits per heavy atom. The maximum atomic E-state index is 12.1. The van der Waals surface area contributed by atoms with E-state index in [1.807, 2.05) is 44.2 Å². The molecule has 2 aromatic rings. The molecule has 5 nitrogen and oxygen atoms in total. The van der Waals surface area contributed by atoms with Crippen molar-refractivity contribution in [2.45, 2.75) is 26.4 Å². The van der Waals surface area contributed by atoms with Gasteiger partial charge in [-0.1, -0.05) is 30.3 Å². The Morgan fingerprint density at radius 2 is 2.11 bits per heavy atom. The summed E-state index contributed by atoms with van der Waals surface area (Å²) in [5.74, 6) is -0.249. The topological polar surface area (TPSA) is 72.9 Å². The van der Waals surface area contributed by atoms with E-state index >= 15 is 0 Å². The lowest BCUT2D eigenvalue weighted by molar-refractivity contribution is 0.0935. The van der Waals surface area contributed by atoms with Gasteiger partial charge in [0.2, 0.25) is 0 Å². The fraction of sp³-hybridized carbons (Fsp3) is 0.286. The van der Waals surface area contributed by atoms with Crippen molar-refractivity contribution < 1.29 is 4.79 Å². The summed E-state index contributed by atoms with van der Waals surface area (Å²) >= 11 is 0. The third kappa shape index (κ3) is 2.93. The monoisotopic (exact) mass is 258 g/mol. The molecule has 0 aliphatic rings. The van der Waals surface area contributed by atoms with Crippen molar-refractivity contribution in [3.05, 3.63) is 47.8 Å². The van der Waals surface area contributed by atoms with Crippen LogP contribution >= 0.6 is 0 Å². The van der Waals surface area contributed by atoms with E-state index in [4.69, 9.17) is 5.73 Å². The molecule has 0 saturated heterocycles. The van der Waals surface area contributed by atoms with Crippen LogP contribution in [0.25, 0.3) is 0 Å². The van der Waals surface area contributed by atoms with E-state index in [1.165, 1.54) is 0 Å². The maximum Gasteiger partial charge on any atom is 0.274 e. The smallest absolute Gasteiger partial charge is 0.274 e. The van der Waals surface area contributed by atoms with Crippen molar-refractivity contribution in [3.63, 3.8) is 0 Å². The Labute approximate surface area is 112 Å². The van der Waals surface area contributed by atoms with Gasteiger partial charge in [0.25, 0.3) is 5.91 Å². The number of nitrogens with zero attached hydrogens (tertiary/aromatic N) is 2. The van der Waals surface area contributed by atoms with Gasteiger partial charge < -0.3 is 11.1 Å². The van der Waals surface area contributed by atoms with Crippen LogP contribution < -0.4 is 11.1 Å². The normalized spacial score (nSPS) is 12.1. The van der Waals surface area contributed by atoms with Crippen molar-refractivity contribution >= 4 is 11.6 Å². The molecular formula is C14H18N4O. The van der Waals surface area contributed by atoms with Crippen molar-refractivity contribution in [3.8, 4) is 0 Å². The highest BCUT2D eigenvalue weighted by Gasteiger charge is 2.17. The van der Waals surface area contributed by atoms with Crippen molar-refractivity contribution in [1.82, 2.24) is 15.1 Å². The predicted octanol–water partition coefficient (Wildman–Crippen LogP) is 1.98. The Bertz CT molecular complexity index is 562. The van der Waals surface area contributed by atoms with Gasteiger partial charge in [0.05, 0.1) is 11.7 Å². The summed E-state index contributed by atoms with van der Waals surface area (Å²) in [7, 11) is 0. The van der Waals surface area contributed by atoms with Crippen LogP contribution in [0.4, 0.5) is 5.69 Å². The van der Waals surface area contributed by atoms with Crippen LogP contribution in [0.3, 0.4) is 0 Å². The molecule has 3 N–H and O–H groups in total. The number of nitrogens with one attached hydrogen (secondary N) is 1. The number of aryl methyl sites for hydroxylation is 1. The summed E-state index contributed by atoms with van der Waals surface area (Å²) in [5.41, 5.74) is 7.52. The number of benzene rings is 1. The zero-order valence-electron chi connectivity index (χ0n) is 11.1. The van der Waals surface area contributed by atoms with Gasteiger partial charge in [0.1, 0.15) is 0 Å². The molecule has 0 radical (unpaired) electrons. The molecule has 0 fully saturated rings. The standard InChI is InChI=1S/C14H18N4O/c1-3-18-9-12(15)13(17-18)14(19)16-10(2)11-7-5-4-6-8-11/h4-10H,3,15H2,1-2H3,(H,16,19)/t10-/m1/s1. The number of hydrogen-bond acceptors (Lipinski definition) is 3. The van der Waals surface area contributed by atoms with Gasteiger partial charge >= 0.3 is 0 Å². The molecule has 2 rings (SSSR count). The summed E-state index contributed by atoms with van der Waals surface area (Å²) < 4.78 is 1.65. The minimum Gasteiger partial charge on any atom is -0.396 e. The number of carbonyl (C=O) groups excluding carboxylic acids is 1. The molecule has 1 aromatic carbocycles. The fourth-order valence-electron chi connectivity index (χ4n) is 1.87. The van der Waals surface area contributed by atoms with Gasteiger partial charge in [0.15, 0.2) is 5.69 Å². The number of anilines is 1. The third-order valence-electron chi connectivity index (χ3n) is 2.98. The number of nitrogen functional groups attached to an aromatic ring is 1. The Kier molecular flexibility index (Phi) is 3.85. The molecule has 0 aliphatic carbocycles. The van der Waals surface area contributed by atoms with Crippen molar-refractivity contribution in [1.29, 1.82) is 0 Å². The van der Waals surface area contributed by atoms with Crippen LogP contribution in [0.15, 0.2) is 36.5 Å². The molecule has 19 heavy (non-hydrogen) atoms. The molecule has 0 unspecified atom stereocenters. The van der Waals surface area contributed by atoms with Gasteiger partial charge in [-0.05, 0) is 19.4 Å². The average molecular weight is 258 g/mol. The van der Waals surface area contributed by atoms with Crippen LogP contribution in [-0.2, 0) is 6.54 Å². The quantitative estimate of drug-likeness (QED) is 0.880. The number of nitrogens with two attached hydrogens (primary N) is 1. The number of aromatic nitrogens is 2. The number of rotatable bonds is 4.